The molecule has 1 saturated carbocycles. The molecular weight excluding hydrogens is 624 g/mol. The van der Waals surface area contributed by atoms with E-state index in [1.807, 2.05) is 24.3 Å². The number of carbonyl (C=O) groups excluding carboxylic acids is 2. The molecule has 0 unspecified atom stereocenters. The summed E-state index contributed by atoms with van der Waals surface area (Å²) in [7, 11) is 0. The molecule has 46 heavy (non-hydrogen) atoms. The Hall–Kier alpha value is -4.92. The number of rotatable bonds is 8. The maximum atomic E-state index is 13.8. The number of urea groups is 1. The predicted octanol–water partition coefficient (Wildman–Crippen LogP) is 7.84. The van der Waals surface area contributed by atoms with Crippen molar-refractivity contribution in [2.75, 3.05) is 15.5 Å². The standard InChI is InChI=1S/C31H28F4N8O2S/c32-16-22-14-23(31(33,34)35)15-25-26(22)46-29(36-25)38-30(45)43(24-12-10-20(11-13-24)19-4-2-1-3-5-19)17-18-6-8-21(9-7-18)27(44)37-28-39-41-42-40-28/h6-15,19H,1-5,16-17H2,(H,36,38,45)(H2,37,39,40,41,42,44). The first-order valence-corrected chi connectivity index (χ1v) is 15.4. The highest BCUT2D eigenvalue weighted by molar-refractivity contribution is 7.22. The Labute approximate surface area is 264 Å². The molecule has 5 aromatic rings. The predicted molar refractivity (Wildman–Crippen MR) is 165 cm³/mol. The van der Waals surface area contributed by atoms with Crippen molar-refractivity contribution < 1.29 is 27.2 Å². The van der Waals surface area contributed by atoms with Gasteiger partial charge in [-0.1, -0.05) is 60.0 Å². The number of tetrazole rings is 1. The van der Waals surface area contributed by atoms with Crippen LogP contribution >= 0.6 is 11.3 Å². The Kier molecular flexibility index (Phi) is 8.92. The number of hydrogen-bond acceptors (Lipinski definition) is 7. The van der Waals surface area contributed by atoms with E-state index < -0.39 is 30.4 Å². The Morgan fingerprint density at radius 1 is 0.978 bits per heavy atom. The van der Waals surface area contributed by atoms with Gasteiger partial charge in [-0.25, -0.2) is 14.2 Å². The number of aromatic nitrogens is 5. The molecule has 0 atom stereocenters. The van der Waals surface area contributed by atoms with Crippen LogP contribution in [0.3, 0.4) is 0 Å². The molecule has 3 aromatic carbocycles. The summed E-state index contributed by atoms with van der Waals surface area (Å²) in [6.07, 6.45) is 1.16. The summed E-state index contributed by atoms with van der Waals surface area (Å²) in [5, 5.41) is 18.3. The Bertz CT molecular complexity index is 1820. The topological polar surface area (TPSA) is 129 Å². The SMILES string of the molecule is O=C(Nc1nn[nH]n1)c1ccc(CN(C(=O)Nc2nc3cc(C(F)(F)F)cc(CF)c3s2)c2ccc(C3CCCCC3)cc2)cc1. The van der Waals surface area contributed by atoms with Crippen molar-refractivity contribution in [3.8, 4) is 0 Å². The van der Waals surface area contributed by atoms with E-state index >= 15 is 0 Å². The van der Waals surface area contributed by atoms with Gasteiger partial charge in [0.1, 0.15) is 6.67 Å². The Morgan fingerprint density at radius 2 is 1.72 bits per heavy atom. The summed E-state index contributed by atoms with van der Waals surface area (Å²) in [6.45, 7) is -1.02. The Balaban J connectivity index is 1.26. The number of amides is 3. The molecule has 2 heterocycles. The number of thiazole rings is 1. The quantitative estimate of drug-likeness (QED) is 0.147. The molecule has 10 nitrogen and oxygen atoms in total. The van der Waals surface area contributed by atoms with E-state index in [1.165, 1.54) is 29.7 Å². The maximum Gasteiger partial charge on any atom is 0.416 e. The number of nitrogens with one attached hydrogen (secondary N) is 3. The summed E-state index contributed by atoms with van der Waals surface area (Å²) < 4.78 is 54.1. The zero-order valence-corrected chi connectivity index (χ0v) is 25.1. The fraction of sp³-hybridized carbons (Fsp3) is 0.290. The molecule has 0 saturated heterocycles. The number of alkyl halides is 4. The van der Waals surface area contributed by atoms with Crippen LogP contribution < -0.4 is 15.5 Å². The first-order chi connectivity index (χ1) is 22.2. The summed E-state index contributed by atoms with van der Waals surface area (Å²) in [5.74, 6) is 0.0416. The average molecular weight is 653 g/mol. The van der Waals surface area contributed by atoms with Gasteiger partial charge in [0, 0.05) is 16.8 Å². The van der Waals surface area contributed by atoms with Crippen LogP contribution in [0.5, 0.6) is 0 Å². The first kappa shape index (κ1) is 31.1. The van der Waals surface area contributed by atoms with Crippen molar-refractivity contribution in [3.63, 3.8) is 0 Å². The molecule has 0 radical (unpaired) electrons. The van der Waals surface area contributed by atoms with Gasteiger partial charge in [-0.3, -0.25) is 20.3 Å². The van der Waals surface area contributed by atoms with Gasteiger partial charge < -0.3 is 0 Å². The zero-order chi connectivity index (χ0) is 32.3. The van der Waals surface area contributed by atoms with Crippen LogP contribution in [0.1, 0.15) is 70.6 Å². The molecule has 2 aromatic heterocycles. The summed E-state index contributed by atoms with van der Waals surface area (Å²) in [5.41, 5.74) is 1.60. The lowest BCUT2D eigenvalue weighted by Gasteiger charge is -2.25. The number of H-pyrrole nitrogens is 1. The van der Waals surface area contributed by atoms with Crippen LogP contribution in [0.25, 0.3) is 10.2 Å². The molecule has 0 bridgehead atoms. The molecule has 1 fully saturated rings. The van der Waals surface area contributed by atoms with Gasteiger partial charge in [0.2, 0.25) is 0 Å². The highest BCUT2D eigenvalue weighted by Crippen LogP contribution is 2.37. The summed E-state index contributed by atoms with van der Waals surface area (Å²) in [4.78, 5) is 32.0. The summed E-state index contributed by atoms with van der Waals surface area (Å²) in [6, 6.07) is 15.4. The number of aromatic amines is 1. The second-order valence-electron chi connectivity index (χ2n) is 11.0. The second kappa shape index (κ2) is 13.2. The van der Waals surface area contributed by atoms with Crippen LogP contribution in [0.2, 0.25) is 0 Å². The van der Waals surface area contributed by atoms with E-state index in [9.17, 15) is 27.2 Å². The van der Waals surface area contributed by atoms with E-state index in [0.717, 1.165) is 36.3 Å². The maximum absolute atomic E-state index is 13.8. The number of anilines is 3. The number of halogens is 4. The van der Waals surface area contributed by atoms with Crippen molar-refractivity contribution >= 4 is 50.3 Å². The minimum atomic E-state index is -4.67. The molecular formula is C31H28F4N8O2S. The average Bonchev–Trinajstić information content (AvgIpc) is 3.73. The highest BCUT2D eigenvalue weighted by atomic mass is 32.1. The van der Waals surface area contributed by atoms with Gasteiger partial charge >= 0.3 is 12.2 Å². The normalized spacial score (nSPS) is 13.9. The van der Waals surface area contributed by atoms with Gasteiger partial charge in [0.05, 0.1) is 22.3 Å². The fourth-order valence-corrected chi connectivity index (χ4v) is 6.48. The van der Waals surface area contributed by atoms with Gasteiger partial charge in [-0.05, 0) is 71.5 Å². The molecule has 15 heteroatoms. The molecule has 1 aliphatic rings. The summed E-state index contributed by atoms with van der Waals surface area (Å²) >= 11 is 0.904. The van der Waals surface area contributed by atoms with Crippen molar-refractivity contribution in [1.82, 2.24) is 25.6 Å². The van der Waals surface area contributed by atoms with Crippen molar-refractivity contribution in [2.24, 2.45) is 0 Å². The second-order valence-corrected chi connectivity index (χ2v) is 12.0. The molecule has 238 valence electrons. The van der Waals surface area contributed by atoms with Gasteiger partial charge in [-0.15, -0.1) is 5.10 Å². The fourth-order valence-electron chi connectivity index (χ4n) is 5.55. The van der Waals surface area contributed by atoms with Crippen LogP contribution in [0, 0.1) is 0 Å². The Morgan fingerprint density at radius 3 is 2.37 bits per heavy atom. The number of hydrogen-bond donors (Lipinski definition) is 3. The zero-order valence-electron chi connectivity index (χ0n) is 24.3. The van der Waals surface area contributed by atoms with Crippen molar-refractivity contribution in [1.29, 1.82) is 0 Å². The molecule has 3 N–H and O–H groups in total. The molecule has 0 aliphatic heterocycles. The van der Waals surface area contributed by atoms with Crippen molar-refractivity contribution in [3.05, 3.63) is 88.5 Å². The number of carbonyl (C=O) groups is 2. The van der Waals surface area contributed by atoms with E-state index in [4.69, 9.17) is 0 Å². The number of fused-ring (bicyclic) bond motifs is 1. The molecule has 0 spiro atoms. The lowest BCUT2D eigenvalue weighted by Crippen LogP contribution is -2.34. The third-order valence-corrected chi connectivity index (χ3v) is 8.97. The highest BCUT2D eigenvalue weighted by Gasteiger charge is 2.32. The number of nitrogens with zero attached hydrogens (tertiary/aromatic N) is 5. The lowest BCUT2D eigenvalue weighted by atomic mass is 9.84. The van der Waals surface area contributed by atoms with Gasteiger partial charge in [0.25, 0.3) is 11.9 Å². The minimum Gasteiger partial charge on any atom is -0.290 e. The van der Waals surface area contributed by atoms with E-state index in [-0.39, 0.29) is 33.4 Å². The van der Waals surface area contributed by atoms with E-state index in [1.54, 1.807) is 24.3 Å². The van der Waals surface area contributed by atoms with E-state index in [2.05, 4.69) is 36.2 Å². The van der Waals surface area contributed by atoms with Crippen LogP contribution in [-0.2, 0) is 19.4 Å². The first-order valence-electron chi connectivity index (χ1n) is 14.6. The van der Waals surface area contributed by atoms with Gasteiger partial charge in [0.15, 0.2) is 5.13 Å². The monoisotopic (exact) mass is 652 g/mol. The number of benzene rings is 3. The molecule has 3 amide bonds. The van der Waals surface area contributed by atoms with Crippen LogP contribution in [-0.4, -0.2) is 37.5 Å². The van der Waals surface area contributed by atoms with Crippen LogP contribution in [0.15, 0.2) is 60.7 Å². The smallest absolute Gasteiger partial charge is 0.290 e. The van der Waals surface area contributed by atoms with Gasteiger partial charge in [-0.2, -0.15) is 18.4 Å². The third-order valence-electron chi connectivity index (χ3n) is 7.91. The third kappa shape index (κ3) is 6.98. The lowest BCUT2D eigenvalue weighted by molar-refractivity contribution is -0.137. The molecule has 6 rings (SSSR count). The molecule has 1 aliphatic carbocycles. The van der Waals surface area contributed by atoms with E-state index in [0.29, 0.717) is 22.7 Å². The van der Waals surface area contributed by atoms with Crippen LogP contribution in [0.4, 0.5) is 39.1 Å². The largest absolute Gasteiger partial charge is 0.416 e. The van der Waals surface area contributed by atoms with Crippen molar-refractivity contribution in [2.45, 2.75) is 57.4 Å². The minimum absolute atomic E-state index is 0.0247.